The summed E-state index contributed by atoms with van der Waals surface area (Å²) < 4.78 is 0. The fourth-order valence-electron chi connectivity index (χ4n) is 5.61. The number of benzene rings is 2. The summed E-state index contributed by atoms with van der Waals surface area (Å²) in [6.45, 7) is 0.655. The van der Waals surface area contributed by atoms with Crippen LogP contribution in [0.3, 0.4) is 0 Å². The second kappa shape index (κ2) is 17.9. The zero-order valence-corrected chi connectivity index (χ0v) is 24.3. The summed E-state index contributed by atoms with van der Waals surface area (Å²) >= 11 is 0. The first kappa shape index (κ1) is 33.5. The molecule has 5 atom stereocenters. The molecular weight excluding hydrogens is 536 g/mol. The average Bonchev–Trinajstić information content (AvgIpc) is 3.30. The second-order valence-corrected chi connectivity index (χ2v) is 11.3. The Balaban J connectivity index is 1.24. The fraction of sp³-hybridized carbons (Fsp3) is 0.594. The highest BCUT2D eigenvalue weighted by molar-refractivity contribution is 5.79. The molecular formula is C32H46N4O6. The summed E-state index contributed by atoms with van der Waals surface area (Å²) in [6, 6.07) is 14.5. The second-order valence-electron chi connectivity index (χ2n) is 11.3. The third-order valence-electron chi connectivity index (χ3n) is 8.09. The van der Waals surface area contributed by atoms with Crippen molar-refractivity contribution in [2.24, 2.45) is 5.11 Å². The third kappa shape index (κ3) is 10.7. The molecule has 10 nitrogen and oxygen atoms in total. The lowest BCUT2D eigenvalue weighted by atomic mass is 9.95. The van der Waals surface area contributed by atoms with Crippen LogP contribution in [0.25, 0.3) is 21.6 Å². The van der Waals surface area contributed by atoms with E-state index in [1.54, 1.807) is 0 Å². The van der Waals surface area contributed by atoms with Crippen LogP contribution in [0.15, 0.2) is 47.6 Å². The Bertz CT molecular complexity index is 1170. The average molecular weight is 583 g/mol. The number of nitrogens with zero attached hydrogens (tertiary/aromatic N) is 3. The summed E-state index contributed by atoms with van der Waals surface area (Å²) in [5.74, 6) is -0.0624. The number of nitrogens with one attached hydrogen (secondary N) is 1. The normalized spacial score (nSPS) is 16.5. The smallest absolute Gasteiger partial charge is 0.220 e. The number of rotatable bonds is 20. The monoisotopic (exact) mass is 582 g/mol. The lowest BCUT2D eigenvalue weighted by Gasteiger charge is -2.17. The van der Waals surface area contributed by atoms with E-state index in [9.17, 15) is 30.3 Å². The number of aryl methyl sites for hydroxylation is 1. The minimum absolute atomic E-state index is 0.00770. The number of aliphatic hydroxyl groups is 5. The molecule has 10 heteroatoms. The van der Waals surface area contributed by atoms with Gasteiger partial charge >= 0.3 is 0 Å². The lowest BCUT2D eigenvalue weighted by molar-refractivity contribution is -0.121. The number of amides is 1. The Kier molecular flexibility index (Phi) is 14.3. The van der Waals surface area contributed by atoms with E-state index in [0.29, 0.717) is 70.8 Å². The number of carbonyl (C=O) groups is 1. The molecule has 230 valence electrons. The minimum atomic E-state index is -0.639. The molecule has 0 aliphatic heterocycles. The molecule has 3 rings (SSSR count). The standard InChI is InChI=1S/C32H46N4O6/c33-36-35-19-17-26(41)14-12-24(39)10-9-23(38)11-13-25(40)16-18-34-32(42)7-3-4-22-8-15-29-27-5-1-2-6-28(27)31(21-37)30(29)20-22/h1-2,5-6,8,15,20,23-26,31,37-41H,3-4,7,9-14,16-19,21H2,(H,34,42). The zero-order valence-electron chi connectivity index (χ0n) is 24.3. The van der Waals surface area contributed by atoms with Crippen molar-refractivity contribution in [1.29, 1.82) is 0 Å². The van der Waals surface area contributed by atoms with E-state index in [-0.39, 0.29) is 25.0 Å². The van der Waals surface area contributed by atoms with Gasteiger partial charge in [-0.3, -0.25) is 4.79 Å². The van der Waals surface area contributed by atoms with Crippen molar-refractivity contribution in [3.63, 3.8) is 0 Å². The highest BCUT2D eigenvalue weighted by Crippen LogP contribution is 2.44. The molecule has 1 amide bonds. The third-order valence-corrected chi connectivity index (χ3v) is 8.09. The molecule has 0 heterocycles. The maximum atomic E-state index is 12.3. The van der Waals surface area contributed by atoms with Crippen molar-refractivity contribution in [2.75, 3.05) is 19.7 Å². The van der Waals surface area contributed by atoms with Crippen LogP contribution in [0.1, 0.15) is 86.8 Å². The Labute approximate surface area is 248 Å². The maximum absolute atomic E-state index is 12.3. The van der Waals surface area contributed by atoms with Crippen molar-refractivity contribution in [2.45, 2.75) is 101 Å². The van der Waals surface area contributed by atoms with Crippen LogP contribution >= 0.6 is 0 Å². The van der Waals surface area contributed by atoms with E-state index in [2.05, 4.69) is 45.7 Å². The molecule has 0 spiro atoms. The van der Waals surface area contributed by atoms with Crippen LogP contribution in [0.2, 0.25) is 0 Å². The molecule has 0 bridgehead atoms. The van der Waals surface area contributed by atoms with Crippen LogP contribution < -0.4 is 5.32 Å². The van der Waals surface area contributed by atoms with Gasteiger partial charge in [0.1, 0.15) is 0 Å². The molecule has 6 N–H and O–H groups in total. The maximum Gasteiger partial charge on any atom is 0.220 e. The molecule has 0 fully saturated rings. The van der Waals surface area contributed by atoms with E-state index in [1.165, 1.54) is 11.1 Å². The molecule has 42 heavy (non-hydrogen) atoms. The van der Waals surface area contributed by atoms with Crippen LogP contribution in [-0.2, 0) is 11.2 Å². The Morgan fingerprint density at radius 2 is 1.43 bits per heavy atom. The van der Waals surface area contributed by atoms with Crippen molar-refractivity contribution in [1.82, 2.24) is 5.32 Å². The number of azide groups is 1. The number of aliphatic hydroxyl groups excluding tert-OH is 5. The summed E-state index contributed by atoms with van der Waals surface area (Å²) in [5, 5.41) is 56.5. The van der Waals surface area contributed by atoms with Crippen LogP contribution in [0.4, 0.5) is 0 Å². The molecule has 2 aromatic carbocycles. The topological polar surface area (TPSA) is 179 Å². The highest BCUT2D eigenvalue weighted by Gasteiger charge is 2.27. The van der Waals surface area contributed by atoms with Crippen molar-refractivity contribution < 1.29 is 30.3 Å². The molecule has 1 aliphatic carbocycles. The molecule has 1 aliphatic rings. The summed E-state index contributed by atoms with van der Waals surface area (Å²) in [7, 11) is 0. The van der Waals surface area contributed by atoms with Crippen LogP contribution in [0.5, 0.6) is 0 Å². The van der Waals surface area contributed by atoms with Crippen LogP contribution in [-0.4, -0.2) is 75.6 Å². The number of hydrogen-bond acceptors (Lipinski definition) is 7. The number of hydrogen-bond donors (Lipinski definition) is 6. The van der Waals surface area contributed by atoms with Gasteiger partial charge in [0.05, 0.1) is 31.0 Å². The van der Waals surface area contributed by atoms with Gasteiger partial charge < -0.3 is 30.8 Å². The minimum Gasteiger partial charge on any atom is -0.395 e. The first-order chi connectivity index (χ1) is 20.3. The Hall–Kier alpha value is -2.98. The van der Waals surface area contributed by atoms with Gasteiger partial charge in [-0.25, -0.2) is 0 Å². The van der Waals surface area contributed by atoms with Gasteiger partial charge in [0, 0.05) is 30.3 Å². The van der Waals surface area contributed by atoms with E-state index in [1.807, 2.05) is 12.1 Å². The van der Waals surface area contributed by atoms with Gasteiger partial charge in [0.25, 0.3) is 0 Å². The van der Waals surface area contributed by atoms with E-state index in [0.717, 1.165) is 23.1 Å². The predicted octanol–water partition coefficient (Wildman–Crippen LogP) is 4.10. The van der Waals surface area contributed by atoms with Gasteiger partial charge in [0.15, 0.2) is 0 Å². The van der Waals surface area contributed by atoms with Gasteiger partial charge in [-0.2, -0.15) is 0 Å². The predicted molar refractivity (Wildman–Crippen MR) is 162 cm³/mol. The lowest BCUT2D eigenvalue weighted by Crippen LogP contribution is -2.27. The highest BCUT2D eigenvalue weighted by atomic mass is 16.3. The largest absolute Gasteiger partial charge is 0.395 e. The van der Waals surface area contributed by atoms with E-state index >= 15 is 0 Å². The van der Waals surface area contributed by atoms with Gasteiger partial charge in [-0.05, 0) is 97.6 Å². The van der Waals surface area contributed by atoms with Gasteiger partial charge in [0.2, 0.25) is 5.91 Å². The molecule has 0 saturated carbocycles. The van der Waals surface area contributed by atoms with E-state index < -0.39 is 24.4 Å². The SMILES string of the molecule is [N-]=[N+]=NCCC(O)CCC(O)CCC(O)CCC(O)CCNC(=O)CCCc1ccc2c(c1)C(CO)c1ccccc1-2. The quantitative estimate of drug-likeness (QED) is 0.0777. The summed E-state index contributed by atoms with van der Waals surface area (Å²) in [4.78, 5) is 14.9. The Morgan fingerprint density at radius 3 is 2.07 bits per heavy atom. The molecule has 0 saturated heterocycles. The number of carbonyl (C=O) groups excluding carboxylic acids is 1. The zero-order chi connectivity index (χ0) is 30.3. The molecule has 0 aromatic heterocycles. The molecule has 2 aromatic rings. The van der Waals surface area contributed by atoms with E-state index in [4.69, 9.17) is 5.53 Å². The van der Waals surface area contributed by atoms with Crippen molar-refractivity contribution in [3.05, 3.63) is 69.6 Å². The first-order valence-electron chi connectivity index (χ1n) is 15.1. The van der Waals surface area contributed by atoms with Crippen molar-refractivity contribution in [3.8, 4) is 11.1 Å². The fourth-order valence-corrected chi connectivity index (χ4v) is 5.61. The van der Waals surface area contributed by atoms with Crippen LogP contribution in [0, 0.1) is 0 Å². The van der Waals surface area contributed by atoms with Gasteiger partial charge in [-0.15, -0.1) is 0 Å². The summed E-state index contributed by atoms with van der Waals surface area (Å²) in [5.41, 5.74) is 14.0. The molecule has 5 unspecified atom stereocenters. The number of fused-ring (bicyclic) bond motifs is 3. The Morgan fingerprint density at radius 1 is 0.833 bits per heavy atom. The van der Waals surface area contributed by atoms with Gasteiger partial charge in [-0.1, -0.05) is 47.6 Å². The summed E-state index contributed by atoms with van der Waals surface area (Å²) in [6.07, 6.45) is 2.50. The molecule has 0 radical (unpaired) electrons. The van der Waals surface area contributed by atoms with Crippen molar-refractivity contribution >= 4 is 5.91 Å². The first-order valence-corrected chi connectivity index (χ1v) is 15.1.